The minimum absolute atomic E-state index is 0.367. The smallest absolute Gasteiger partial charge is 0.340 e. The van der Waals surface area contributed by atoms with Crippen LogP contribution in [0.1, 0.15) is 30.6 Å². The number of hydrogen-bond acceptors (Lipinski definition) is 4. The van der Waals surface area contributed by atoms with Crippen molar-refractivity contribution >= 4 is 28.9 Å². The van der Waals surface area contributed by atoms with E-state index in [0.717, 1.165) is 13.0 Å². The van der Waals surface area contributed by atoms with Gasteiger partial charge >= 0.3 is 5.97 Å². The van der Waals surface area contributed by atoms with Crippen molar-refractivity contribution in [2.75, 3.05) is 24.7 Å². The van der Waals surface area contributed by atoms with Crippen molar-refractivity contribution in [2.45, 2.75) is 20.3 Å². The van der Waals surface area contributed by atoms with Crippen molar-refractivity contribution in [3.8, 4) is 0 Å². The molecule has 0 fully saturated rings. The van der Waals surface area contributed by atoms with Crippen molar-refractivity contribution in [3.05, 3.63) is 22.7 Å². The van der Waals surface area contributed by atoms with E-state index in [1.807, 2.05) is 0 Å². The molecule has 1 aromatic carbocycles. The van der Waals surface area contributed by atoms with Gasteiger partial charge in [-0.15, -0.1) is 0 Å². The Morgan fingerprint density at radius 2 is 2.17 bits per heavy atom. The third-order valence-corrected chi connectivity index (χ3v) is 2.84. The first-order valence-electron chi connectivity index (χ1n) is 5.87. The summed E-state index contributed by atoms with van der Waals surface area (Å²) in [5.41, 5.74) is 7.07. The van der Waals surface area contributed by atoms with Crippen LogP contribution in [0, 0.1) is 5.92 Å². The van der Waals surface area contributed by atoms with Gasteiger partial charge in [-0.3, -0.25) is 0 Å². The second kappa shape index (κ2) is 6.50. The van der Waals surface area contributed by atoms with Crippen LogP contribution < -0.4 is 11.1 Å². The fraction of sp³-hybridized carbons (Fsp3) is 0.462. The Kier molecular flexibility index (Phi) is 5.28. The monoisotopic (exact) mass is 270 g/mol. The first kappa shape index (κ1) is 14.6. The van der Waals surface area contributed by atoms with Gasteiger partial charge in [-0.1, -0.05) is 25.4 Å². The summed E-state index contributed by atoms with van der Waals surface area (Å²) < 4.78 is 4.72. The highest BCUT2D eigenvalue weighted by atomic mass is 35.5. The molecule has 0 unspecified atom stereocenters. The lowest BCUT2D eigenvalue weighted by molar-refractivity contribution is 0.0602. The van der Waals surface area contributed by atoms with E-state index in [4.69, 9.17) is 22.1 Å². The number of anilines is 2. The molecule has 0 bridgehead atoms. The molecule has 0 aliphatic heterocycles. The van der Waals surface area contributed by atoms with Crippen molar-refractivity contribution in [1.82, 2.24) is 0 Å². The van der Waals surface area contributed by atoms with E-state index in [1.54, 1.807) is 12.1 Å². The van der Waals surface area contributed by atoms with E-state index in [1.165, 1.54) is 7.11 Å². The number of nitrogens with one attached hydrogen (secondary N) is 1. The lowest BCUT2D eigenvalue weighted by Crippen LogP contribution is -2.11. The molecule has 0 atom stereocenters. The molecule has 0 spiro atoms. The molecule has 0 amide bonds. The van der Waals surface area contributed by atoms with Crippen LogP contribution in [0.2, 0.25) is 5.02 Å². The number of methoxy groups -OCH3 is 1. The van der Waals surface area contributed by atoms with Crippen LogP contribution in [0.5, 0.6) is 0 Å². The maximum atomic E-state index is 11.7. The van der Waals surface area contributed by atoms with Crippen molar-refractivity contribution < 1.29 is 9.53 Å². The number of ether oxygens (including phenoxy) is 1. The van der Waals surface area contributed by atoms with Crippen LogP contribution >= 0.6 is 11.6 Å². The van der Waals surface area contributed by atoms with E-state index in [9.17, 15) is 4.79 Å². The number of esters is 1. The number of rotatable bonds is 5. The predicted octanol–water partition coefficient (Wildman–Crippen LogP) is 3.17. The van der Waals surface area contributed by atoms with Gasteiger partial charge in [-0.25, -0.2) is 4.79 Å². The Bertz CT molecular complexity index is 433. The molecule has 0 saturated carbocycles. The lowest BCUT2D eigenvalue weighted by atomic mass is 10.1. The van der Waals surface area contributed by atoms with Crippen LogP contribution in [0.4, 0.5) is 11.4 Å². The zero-order chi connectivity index (χ0) is 13.7. The van der Waals surface area contributed by atoms with Crippen molar-refractivity contribution in [1.29, 1.82) is 0 Å². The lowest BCUT2D eigenvalue weighted by Gasteiger charge is -2.14. The maximum absolute atomic E-state index is 11.7. The fourth-order valence-corrected chi connectivity index (χ4v) is 1.86. The molecule has 0 radical (unpaired) electrons. The summed E-state index contributed by atoms with van der Waals surface area (Å²) >= 11 is 6.10. The second-order valence-corrected chi connectivity index (χ2v) is 4.93. The van der Waals surface area contributed by atoms with Gasteiger partial charge in [0, 0.05) is 12.2 Å². The summed E-state index contributed by atoms with van der Waals surface area (Å²) in [6.07, 6.45) is 0.987. The normalized spacial score (nSPS) is 10.5. The van der Waals surface area contributed by atoms with Crippen LogP contribution in [0.3, 0.4) is 0 Å². The van der Waals surface area contributed by atoms with Gasteiger partial charge in [-0.2, -0.15) is 0 Å². The average Bonchev–Trinajstić information content (AvgIpc) is 2.30. The largest absolute Gasteiger partial charge is 0.465 e. The highest BCUT2D eigenvalue weighted by Gasteiger charge is 2.15. The molecule has 5 heteroatoms. The summed E-state index contributed by atoms with van der Waals surface area (Å²) in [7, 11) is 1.33. The molecule has 0 aromatic heterocycles. The summed E-state index contributed by atoms with van der Waals surface area (Å²) in [5, 5.41) is 3.60. The summed E-state index contributed by atoms with van der Waals surface area (Å²) in [5.74, 6) is 0.128. The number of benzene rings is 1. The van der Waals surface area contributed by atoms with Gasteiger partial charge in [0.15, 0.2) is 0 Å². The molecule has 3 N–H and O–H groups in total. The molecule has 0 aliphatic carbocycles. The molecule has 4 nitrogen and oxygen atoms in total. The molecular formula is C13H19ClN2O2. The zero-order valence-corrected chi connectivity index (χ0v) is 11.7. The van der Waals surface area contributed by atoms with Crippen molar-refractivity contribution in [2.24, 2.45) is 5.92 Å². The summed E-state index contributed by atoms with van der Waals surface area (Å²) in [4.78, 5) is 11.7. The van der Waals surface area contributed by atoms with E-state index < -0.39 is 5.97 Å². The zero-order valence-electron chi connectivity index (χ0n) is 10.9. The summed E-state index contributed by atoms with van der Waals surface area (Å²) in [6.45, 7) is 5.01. The minimum Gasteiger partial charge on any atom is -0.465 e. The van der Waals surface area contributed by atoms with Crippen LogP contribution in [0.15, 0.2) is 12.1 Å². The number of nitrogen functional groups attached to an aromatic ring is 1. The quantitative estimate of drug-likeness (QED) is 0.637. The fourth-order valence-electron chi connectivity index (χ4n) is 1.56. The van der Waals surface area contributed by atoms with Gasteiger partial charge in [0.1, 0.15) is 0 Å². The molecule has 0 heterocycles. The van der Waals surface area contributed by atoms with E-state index in [-0.39, 0.29) is 0 Å². The first-order valence-corrected chi connectivity index (χ1v) is 6.24. The highest BCUT2D eigenvalue weighted by Crippen LogP contribution is 2.29. The van der Waals surface area contributed by atoms with E-state index in [0.29, 0.717) is 27.9 Å². The number of nitrogens with two attached hydrogens (primary N) is 1. The predicted molar refractivity (Wildman–Crippen MR) is 75.1 cm³/mol. The van der Waals surface area contributed by atoms with Gasteiger partial charge in [0.05, 0.1) is 23.4 Å². The van der Waals surface area contributed by atoms with E-state index in [2.05, 4.69) is 19.2 Å². The number of hydrogen-bond donors (Lipinski definition) is 2. The molecule has 1 rings (SSSR count). The molecule has 100 valence electrons. The Balaban J connectivity index is 2.96. The third-order valence-electron chi connectivity index (χ3n) is 2.54. The van der Waals surface area contributed by atoms with Gasteiger partial charge in [-0.05, 0) is 24.5 Å². The Morgan fingerprint density at radius 3 is 2.72 bits per heavy atom. The molecule has 0 saturated heterocycles. The molecule has 0 aliphatic rings. The Labute approximate surface area is 112 Å². The van der Waals surface area contributed by atoms with Gasteiger partial charge in [0.2, 0.25) is 0 Å². The van der Waals surface area contributed by atoms with Crippen molar-refractivity contribution in [3.63, 3.8) is 0 Å². The van der Waals surface area contributed by atoms with Crippen LogP contribution in [-0.4, -0.2) is 19.6 Å². The highest BCUT2D eigenvalue weighted by molar-refractivity contribution is 6.34. The van der Waals surface area contributed by atoms with Crippen LogP contribution in [0.25, 0.3) is 0 Å². The SMILES string of the molecule is COC(=O)c1cc(N)cc(Cl)c1NCCC(C)C. The van der Waals surface area contributed by atoms with Gasteiger partial charge in [0.25, 0.3) is 0 Å². The van der Waals surface area contributed by atoms with Gasteiger partial charge < -0.3 is 15.8 Å². The van der Waals surface area contributed by atoms with Crippen LogP contribution in [-0.2, 0) is 4.74 Å². The third kappa shape index (κ3) is 3.81. The second-order valence-electron chi connectivity index (χ2n) is 4.53. The number of halogens is 1. The Hall–Kier alpha value is -1.42. The summed E-state index contributed by atoms with van der Waals surface area (Å²) in [6, 6.07) is 3.18. The first-order chi connectivity index (χ1) is 8.45. The molecular weight excluding hydrogens is 252 g/mol. The Morgan fingerprint density at radius 1 is 1.50 bits per heavy atom. The number of carbonyl (C=O) groups is 1. The van der Waals surface area contributed by atoms with E-state index >= 15 is 0 Å². The number of carbonyl (C=O) groups excluding carboxylic acids is 1. The topological polar surface area (TPSA) is 64.3 Å². The standard InChI is InChI=1S/C13H19ClN2O2/c1-8(2)4-5-16-12-10(13(17)18-3)6-9(15)7-11(12)14/h6-8,16H,4-5,15H2,1-3H3. The maximum Gasteiger partial charge on any atom is 0.340 e. The minimum atomic E-state index is -0.448. The molecule has 1 aromatic rings. The average molecular weight is 271 g/mol. The molecule has 18 heavy (non-hydrogen) atoms.